The number of hydrogen-bond donors (Lipinski definition) is 1. The van der Waals surface area contributed by atoms with Crippen LogP contribution >= 0.6 is 0 Å². The Balaban J connectivity index is 2.02. The zero-order valence-corrected chi connectivity index (χ0v) is 15.0. The van der Waals surface area contributed by atoms with Crippen molar-refractivity contribution >= 4 is 10.0 Å². The molecule has 27 heavy (non-hydrogen) atoms. The summed E-state index contributed by atoms with van der Waals surface area (Å²) < 4.78 is 68.5. The predicted molar refractivity (Wildman–Crippen MR) is 93.3 cm³/mol. The Kier molecular flexibility index (Phi) is 5.07. The van der Waals surface area contributed by atoms with E-state index >= 15 is 0 Å². The second-order valence-electron chi connectivity index (χ2n) is 5.89. The van der Waals surface area contributed by atoms with Gasteiger partial charge in [0, 0.05) is 19.4 Å². The second-order valence-corrected chi connectivity index (χ2v) is 7.60. The van der Waals surface area contributed by atoms with Gasteiger partial charge < -0.3 is 4.57 Å². The number of imidazole rings is 1. The lowest BCUT2D eigenvalue weighted by Gasteiger charge is -2.19. The fraction of sp³-hybridized carbons (Fsp3) is 0.167. The van der Waals surface area contributed by atoms with E-state index < -0.39 is 32.7 Å². The van der Waals surface area contributed by atoms with Crippen molar-refractivity contribution in [1.29, 1.82) is 0 Å². The van der Waals surface area contributed by atoms with Crippen LogP contribution in [-0.4, -0.2) is 18.0 Å². The lowest BCUT2D eigenvalue weighted by molar-refractivity contribution is -0.137. The molecule has 1 heterocycles. The van der Waals surface area contributed by atoms with Crippen molar-refractivity contribution in [2.75, 3.05) is 0 Å². The lowest BCUT2D eigenvalue weighted by Crippen LogP contribution is -2.31. The van der Waals surface area contributed by atoms with Crippen LogP contribution in [-0.2, 0) is 23.2 Å². The molecule has 3 aromatic rings. The largest absolute Gasteiger partial charge is 0.416 e. The van der Waals surface area contributed by atoms with E-state index in [0.29, 0.717) is 17.5 Å². The number of rotatable bonds is 5. The average molecular weight is 395 g/mol. The van der Waals surface area contributed by atoms with Crippen molar-refractivity contribution in [3.05, 3.63) is 83.9 Å². The van der Waals surface area contributed by atoms with E-state index in [2.05, 4.69) is 9.71 Å². The van der Waals surface area contributed by atoms with Gasteiger partial charge in [0.05, 0.1) is 10.5 Å². The minimum absolute atomic E-state index is 0.414. The van der Waals surface area contributed by atoms with Crippen LogP contribution in [0.3, 0.4) is 0 Å². The number of hydrogen-bond acceptors (Lipinski definition) is 3. The highest BCUT2D eigenvalue weighted by molar-refractivity contribution is 7.89. The van der Waals surface area contributed by atoms with Gasteiger partial charge in [-0.25, -0.2) is 13.4 Å². The summed E-state index contributed by atoms with van der Waals surface area (Å²) in [6, 6.07) is 11.5. The van der Waals surface area contributed by atoms with Gasteiger partial charge in [0.15, 0.2) is 0 Å². The average Bonchev–Trinajstić information content (AvgIpc) is 3.06. The highest BCUT2D eigenvalue weighted by Crippen LogP contribution is 2.31. The van der Waals surface area contributed by atoms with Crippen LogP contribution in [0.1, 0.15) is 23.0 Å². The molecule has 9 heteroatoms. The number of halogens is 3. The van der Waals surface area contributed by atoms with Crippen LogP contribution in [0, 0.1) is 0 Å². The van der Waals surface area contributed by atoms with E-state index in [0.717, 1.165) is 18.2 Å². The van der Waals surface area contributed by atoms with Gasteiger partial charge >= 0.3 is 6.18 Å². The second kappa shape index (κ2) is 7.16. The van der Waals surface area contributed by atoms with Crippen molar-refractivity contribution in [2.45, 2.75) is 17.1 Å². The molecule has 1 N–H and O–H groups in total. The first-order valence-corrected chi connectivity index (χ1v) is 9.38. The minimum Gasteiger partial charge on any atom is -0.336 e. The molecule has 1 aromatic heterocycles. The van der Waals surface area contributed by atoms with Gasteiger partial charge in [-0.15, -0.1) is 0 Å². The topological polar surface area (TPSA) is 64.0 Å². The van der Waals surface area contributed by atoms with Gasteiger partial charge in [0.2, 0.25) is 10.0 Å². The third-order valence-electron chi connectivity index (χ3n) is 3.99. The lowest BCUT2D eigenvalue weighted by atomic mass is 10.1. The molecular formula is C18H16F3N3O2S. The normalized spacial score (nSPS) is 13.5. The molecule has 0 spiro atoms. The van der Waals surface area contributed by atoms with E-state index in [4.69, 9.17) is 0 Å². The van der Waals surface area contributed by atoms with Crippen LogP contribution in [0.5, 0.6) is 0 Å². The number of alkyl halides is 3. The quantitative estimate of drug-likeness (QED) is 0.719. The number of sulfonamides is 1. The van der Waals surface area contributed by atoms with Crippen LogP contribution in [0.2, 0.25) is 0 Å². The summed E-state index contributed by atoms with van der Waals surface area (Å²) in [5, 5.41) is 0. The summed E-state index contributed by atoms with van der Waals surface area (Å²) in [4.78, 5) is 3.72. The highest BCUT2D eigenvalue weighted by Gasteiger charge is 2.32. The molecule has 0 saturated carbocycles. The molecule has 1 unspecified atom stereocenters. The molecule has 0 bridgehead atoms. The predicted octanol–water partition coefficient (Wildman–Crippen LogP) is 3.51. The maximum Gasteiger partial charge on any atom is 0.416 e. The maximum absolute atomic E-state index is 12.9. The molecule has 5 nitrogen and oxygen atoms in total. The Hall–Kier alpha value is -2.65. The van der Waals surface area contributed by atoms with Gasteiger partial charge in [-0.1, -0.05) is 36.4 Å². The van der Waals surface area contributed by atoms with Gasteiger partial charge in [-0.05, 0) is 23.8 Å². The van der Waals surface area contributed by atoms with E-state index in [9.17, 15) is 21.6 Å². The van der Waals surface area contributed by atoms with Crippen LogP contribution in [0.25, 0.3) is 0 Å². The molecule has 0 amide bonds. The first-order valence-electron chi connectivity index (χ1n) is 7.90. The van der Waals surface area contributed by atoms with E-state index in [-0.39, 0.29) is 0 Å². The van der Waals surface area contributed by atoms with E-state index in [1.54, 1.807) is 48.1 Å². The zero-order valence-electron chi connectivity index (χ0n) is 14.2. The van der Waals surface area contributed by atoms with Crippen LogP contribution in [0.4, 0.5) is 13.2 Å². The molecule has 0 radical (unpaired) electrons. The van der Waals surface area contributed by atoms with Crippen molar-refractivity contribution < 1.29 is 21.6 Å². The fourth-order valence-electron chi connectivity index (χ4n) is 2.63. The Bertz CT molecular complexity index is 1030. The first-order chi connectivity index (χ1) is 12.7. The minimum atomic E-state index is -4.63. The SMILES string of the molecule is Cn1ccnc1C(NS(=O)(=O)c1cccc(C(F)(F)F)c1)c1ccccc1. The standard InChI is InChI=1S/C18H16F3N3O2S/c1-24-11-10-22-17(24)16(13-6-3-2-4-7-13)23-27(25,26)15-9-5-8-14(12-15)18(19,20)21/h2-12,16,23H,1H3. The highest BCUT2D eigenvalue weighted by atomic mass is 32.2. The van der Waals surface area contributed by atoms with Gasteiger partial charge in [-0.2, -0.15) is 17.9 Å². The van der Waals surface area contributed by atoms with E-state index in [1.807, 2.05) is 0 Å². The van der Waals surface area contributed by atoms with Gasteiger partial charge in [-0.3, -0.25) is 0 Å². The Morgan fingerprint density at radius 3 is 2.37 bits per heavy atom. The summed E-state index contributed by atoms with van der Waals surface area (Å²) in [5.74, 6) is 0.414. The summed E-state index contributed by atoms with van der Waals surface area (Å²) in [5.41, 5.74) is -0.416. The molecule has 1 atom stereocenters. The molecule has 2 aromatic carbocycles. The molecule has 142 valence electrons. The summed E-state index contributed by atoms with van der Waals surface area (Å²) in [6.07, 6.45) is -1.46. The first kappa shape index (κ1) is 19.1. The Morgan fingerprint density at radius 1 is 1.07 bits per heavy atom. The maximum atomic E-state index is 12.9. The number of benzene rings is 2. The smallest absolute Gasteiger partial charge is 0.336 e. The van der Waals surface area contributed by atoms with Crippen LogP contribution in [0.15, 0.2) is 71.9 Å². The third kappa shape index (κ3) is 4.20. The number of aryl methyl sites for hydroxylation is 1. The third-order valence-corrected chi connectivity index (χ3v) is 5.41. The summed E-state index contributed by atoms with van der Waals surface area (Å²) in [6.45, 7) is 0. The Morgan fingerprint density at radius 2 is 1.78 bits per heavy atom. The summed E-state index contributed by atoms with van der Waals surface area (Å²) in [7, 11) is -2.53. The van der Waals surface area contributed by atoms with Crippen molar-refractivity contribution in [2.24, 2.45) is 7.05 Å². The fourth-order valence-corrected chi connectivity index (χ4v) is 3.86. The summed E-state index contributed by atoms with van der Waals surface area (Å²) >= 11 is 0. The van der Waals surface area contributed by atoms with Crippen molar-refractivity contribution in [3.63, 3.8) is 0 Å². The molecule has 0 saturated heterocycles. The number of nitrogens with one attached hydrogen (secondary N) is 1. The number of aromatic nitrogens is 2. The van der Waals surface area contributed by atoms with Crippen molar-refractivity contribution in [3.8, 4) is 0 Å². The van der Waals surface area contributed by atoms with Gasteiger partial charge in [0.25, 0.3) is 0 Å². The monoisotopic (exact) mass is 395 g/mol. The molecule has 0 aliphatic carbocycles. The molecule has 0 fully saturated rings. The number of nitrogens with zero attached hydrogens (tertiary/aromatic N) is 2. The molecule has 0 aliphatic rings. The Labute approximate surface area is 154 Å². The molecular weight excluding hydrogens is 379 g/mol. The van der Waals surface area contributed by atoms with Crippen molar-refractivity contribution in [1.82, 2.24) is 14.3 Å². The molecule has 3 rings (SSSR count). The van der Waals surface area contributed by atoms with E-state index in [1.165, 1.54) is 6.20 Å². The van der Waals surface area contributed by atoms with Gasteiger partial charge in [0.1, 0.15) is 11.9 Å². The van der Waals surface area contributed by atoms with Crippen LogP contribution < -0.4 is 4.72 Å². The molecule has 0 aliphatic heterocycles. The zero-order chi connectivity index (χ0) is 19.7.